The third-order valence-corrected chi connectivity index (χ3v) is 2.67. The summed E-state index contributed by atoms with van der Waals surface area (Å²) in [5, 5.41) is 0. The minimum absolute atomic E-state index is 0.00718. The van der Waals surface area contributed by atoms with Gasteiger partial charge in [-0.25, -0.2) is 4.79 Å². The zero-order valence-corrected chi connectivity index (χ0v) is 7.95. The van der Waals surface area contributed by atoms with Crippen LogP contribution >= 0.6 is 0 Å². The molecule has 0 saturated carbocycles. The van der Waals surface area contributed by atoms with Crippen molar-refractivity contribution in [3.8, 4) is 0 Å². The maximum atomic E-state index is 11.4. The molecule has 0 aromatic carbocycles. The summed E-state index contributed by atoms with van der Waals surface area (Å²) in [6, 6.07) is 0.157. The van der Waals surface area contributed by atoms with E-state index in [1.54, 1.807) is 6.08 Å². The van der Waals surface area contributed by atoms with Crippen molar-refractivity contribution in [2.24, 2.45) is 0 Å². The Morgan fingerprint density at radius 1 is 1.64 bits per heavy atom. The number of fused-ring (bicyclic) bond motifs is 1. The molecule has 2 aliphatic heterocycles. The van der Waals surface area contributed by atoms with Gasteiger partial charge in [0, 0.05) is 6.42 Å². The molecule has 2 aliphatic rings. The molecular formula is C10H11NO3. The third kappa shape index (κ3) is 0.999. The van der Waals surface area contributed by atoms with Gasteiger partial charge in [-0.05, 0) is 12.0 Å². The quantitative estimate of drug-likeness (QED) is 0.476. The van der Waals surface area contributed by atoms with Crippen LogP contribution in [0.2, 0.25) is 0 Å². The van der Waals surface area contributed by atoms with E-state index in [1.807, 2.05) is 0 Å². The number of amides is 1. The lowest BCUT2D eigenvalue weighted by Gasteiger charge is -2.35. The molecule has 1 amide bonds. The Balaban J connectivity index is 2.35. The summed E-state index contributed by atoms with van der Waals surface area (Å²) < 4.78 is 4.63. The monoisotopic (exact) mass is 193 g/mol. The van der Waals surface area contributed by atoms with Gasteiger partial charge in [-0.3, -0.25) is 4.79 Å². The highest BCUT2D eigenvalue weighted by Crippen LogP contribution is 2.38. The minimum Gasteiger partial charge on any atom is -0.464 e. The molecule has 0 aromatic heterocycles. The number of methoxy groups -OCH3 is 1. The van der Waals surface area contributed by atoms with E-state index in [1.165, 1.54) is 12.0 Å². The first-order chi connectivity index (χ1) is 6.69. The average Bonchev–Trinajstić information content (AvgIpc) is 2.49. The summed E-state index contributed by atoms with van der Waals surface area (Å²) in [6.45, 7) is 3.63. The Morgan fingerprint density at radius 2 is 2.36 bits per heavy atom. The van der Waals surface area contributed by atoms with E-state index in [2.05, 4.69) is 11.3 Å². The van der Waals surface area contributed by atoms with E-state index in [9.17, 15) is 9.59 Å². The number of ether oxygens (including phenoxy) is 1. The van der Waals surface area contributed by atoms with Crippen LogP contribution in [0.4, 0.5) is 0 Å². The lowest BCUT2D eigenvalue weighted by Crippen LogP contribution is -2.49. The topological polar surface area (TPSA) is 46.6 Å². The average molecular weight is 193 g/mol. The molecule has 0 N–H and O–H groups in total. The van der Waals surface area contributed by atoms with Crippen LogP contribution in [-0.4, -0.2) is 29.9 Å². The Kier molecular flexibility index (Phi) is 1.91. The number of hydrogen-bond donors (Lipinski definition) is 0. The maximum absolute atomic E-state index is 11.4. The molecule has 0 aromatic rings. The molecule has 2 rings (SSSR count). The molecule has 0 unspecified atom stereocenters. The first-order valence-corrected chi connectivity index (χ1v) is 4.45. The van der Waals surface area contributed by atoms with Gasteiger partial charge in [0.25, 0.3) is 0 Å². The second-order valence-corrected chi connectivity index (χ2v) is 3.40. The van der Waals surface area contributed by atoms with Gasteiger partial charge in [0.05, 0.1) is 13.2 Å². The van der Waals surface area contributed by atoms with Crippen molar-refractivity contribution >= 4 is 11.9 Å². The van der Waals surface area contributed by atoms with Crippen molar-refractivity contribution in [3.63, 3.8) is 0 Å². The van der Waals surface area contributed by atoms with Crippen molar-refractivity contribution in [2.75, 3.05) is 7.11 Å². The summed E-state index contributed by atoms with van der Waals surface area (Å²) >= 11 is 0. The Bertz CT molecular complexity index is 356. The van der Waals surface area contributed by atoms with Gasteiger partial charge < -0.3 is 9.64 Å². The molecule has 2 heterocycles. The predicted molar refractivity (Wildman–Crippen MR) is 49.1 cm³/mol. The fourth-order valence-electron chi connectivity index (χ4n) is 1.96. The van der Waals surface area contributed by atoms with Crippen molar-refractivity contribution < 1.29 is 14.3 Å². The van der Waals surface area contributed by atoms with E-state index in [0.29, 0.717) is 12.1 Å². The minimum atomic E-state index is -0.449. The van der Waals surface area contributed by atoms with Crippen LogP contribution in [0.1, 0.15) is 12.8 Å². The zero-order valence-electron chi connectivity index (χ0n) is 7.95. The van der Waals surface area contributed by atoms with E-state index in [4.69, 9.17) is 0 Å². The lowest BCUT2D eigenvalue weighted by atomic mass is 10.0. The van der Waals surface area contributed by atoms with Gasteiger partial charge in [-0.15, -0.1) is 0 Å². The highest BCUT2D eigenvalue weighted by Gasteiger charge is 2.46. The van der Waals surface area contributed by atoms with Crippen molar-refractivity contribution in [3.05, 3.63) is 23.9 Å². The molecule has 0 spiro atoms. The first kappa shape index (κ1) is 8.99. The van der Waals surface area contributed by atoms with Crippen LogP contribution in [0.3, 0.4) is 0 Å². The summed E-state index contributed by atoms with van der Waals surface area (Å²) in [5.41, 5.74) is 1.19. The van der Waals surface area contributed by atoms with Crippen molar-refractivity contribution in [1.29, 1.82) is 0 Å². The number of carbonyl (C=O) groups excluding carboxylic acids is 2. The number of rotatable bonds is 2. The zero-order chi connectivity index (χ0) is 10.3. The molecule has 74 valence electrons. The molecule has 14 heavy (non-hydrogen) atoms. The summed E-state index contributed by atoms with van der Waals surface area (Å²) in [5.74, 6) is -0.456. The molecule has 1 fully saturated rings. The molecule has 0 aliphatic carbocycles. The molecular weight excluding hydrogens is 182 g/mol. The summed E-state index contributed by atoms with van der Waals surface area (Å²) in [4.78, 5) is 24.2. The van der Waals surface area contributed by atoms with Gasteiger partial charge in [0.2, 0.25) is 5.91 Å². The van der Waals surface area contributed by atoms with Crippen LogP contribution in [0.25, 0.3) is 0 Å². The predicted octanol–water partition coefficient (Wildman–Crippen LogP) is 0.604. The number of allylic oxidation sites excluding steroid dienone is 1. The highest BCUT2D eigenvalue weighted by atomic mass is 16.5. The van der Waals surface area contributed by atoms with Crippen molar-refractivity contribution in [2.45, 2.75) is 18.9 Å². The van der Waals surface area contributed by atoms with Gasteiger partial charge >= 0.3 is 5.97 Å². The van der Waals surface area contributed by atoms with Gasteiger partial charge in [-0.2, -0.15) is 0 Å². The fraction of sp³-hybridized carbons (Fsp3) is 0.400. The van der Waals surface area contributed by atoms with E-state index in [-0.39, 0.29) is 11.9 Å². The van der Waals surface area contributed by atoms with E-state index >= 15 is 0 Å². The maximum Gasteiger partial charge on any atom is 0.355 e. The van der Waals surface area contributed by atoms with Crippen LogP contribution < -0.4 is 0 Å². The Hall–Kier alpha value is -1.58. The SMILES string of the molecule is C=CC1=C(C(=O)OC)N2C(=O)C[C@H]2C1. The second kappa shape index (κ2) is 2.97. The number of esters is 1. The van der Waals surface area contributed by atoms with E-state index < -0.39 is 5.97 Å². The lowest BCUT2D eigenvalue weighted by molar-refractivity contribution is -0.148. The molecule has 4 nitrogen and oxygen atoms in total. The van der Waals surface area contributed by atoms with Gasteiger partial charge in [0.1, 0.15) is 5.70 Å². The summed E-state index contributed by atoms with van der Waals surface area (Å²) in [6.07, 6.45) is 2.87. The Labute approximate surface area is 81.8 Å². The summed E-state index contributed by atoms with van der Waals surface area (Å²) in [7, 11) is 1.31. The number of hydrogen-bond acceptors (Lipinski definition) is 3. The van der Waals surface area contributed by atoms with Gasteiger partial charge in [0.15, 0.2) is 0 Å². The van der Waals surface area contributed by atoms with Crippen LogP contribution in [0.15, 0.2) is 23.9 Å². The third-order valence-electron chi connectivity index (χ3n) is 2.67. The van der Waals surface area contributed by atoms with Crippen LogP contribution in [-0.2, 0) is 14.3 Å². The van der Waals surface area contributed by atoms with E-state index in [0.717, 1.165) is 12.0 Å². The second-order valence-electron chi connectivity index (χ2n) is 3.40. The molecule has 1 atom stereocenters. The van der Waals surface area contributed by atoms with Crippen LogP contribution in [0, 0.1) is 0 Å². The fourth-order valence-corrected chi connectivity index (χ4v) is 1.96. The normalized spacial score (nSPS) is 24.5. The van der Waals surface area contributed by atoms with Crippen molar-refractivity contribution in [1.82, 2.24) is 4.90 Å². The molecule has 0 bridgehead atoms. The number of β-lactam (4-membered cyclic amide) rings is 1. The largest absolute Gasteiger partial charge is 0.464 e. The Morgan fingerprint density at radius 3 is 2.86 bits per heavy atom. The molecule has 1 saturated heterocycles. The van der Waals surface area contributed by atoms with Gasteiger partial charge in [-0.1, -0.05) is 12.7 Å². The first-order valence-electron chi connectivity index (χ1n) is 4.45. The van der Waals surface area contributed by atoms with Crippen LogP contribution in [0.5, 0.6) is 0 Å². The standard InChI is InChI=1S/C10H11NO3/c1-3-6-4-7-5-8(12)11(7)9(6)10(13)14-2/h3,7H,1,4-5H2,2H3/t7-/m1/s1. The molecule has 0 radical (unpaired) electrons. The number of carbonyl (C=O) groups is 2. The molecule has 4 heteroatoms. The number of nitrogens with zero attached hydrogens (tertiary/aromatic N) is 1. The highest BCUT2D eigenvalue weighted by molar-refractivity contribution is 5.99. The smallest absolute Gasteiger partial charge is 0.355 e.